The zero-order valence-corrected chi connectivity index (χ0v) is 10.3. The van der Waals surface area contributed by atoms with E-state index in [0.29, 0.717) is 6.61 Å². The van der Waals surface area contributed by atoms with Crippen molar-refractivity contribution in [3.8, 4) is 6.01 Å². The van der Waals surface area contributed by atoms with Gasteiger partial charge in [-0.05, 0) is 18.0 Å². The van der Waals surface area contributed by atoms with Gasteiger partial charge in [-0.2, -0.15) is 28.1 Å². The molecule has 9 heteroatoms. The highest BCUT2D eigenvalue weighted by atomic mass is 35.5. The summed E-state index contributed by atoms with van der Waals surface area (Å²) in [6.45, 7) is 1.95. The maximum Gasteiger partial charge on any atom is 0.390 e. The molecular formula is C9H12ClF3N4O. The molecule has 0 aromatic carbocycles. The van der Waals surface area contributed by atoms with Crippen molar-refractivity contribution < 1.29 is 17.9 Å². The van der Waals surface area contributed by atoms with Gasteiger partial charge < -0.3 is 10.1 Å². The Balaban J connectivity index is 2.57. The summed E-state index contributed by atoms with van der Waals surface area (Å²) in [5, 5.41) is 2.28. The Bertz CT molecular complexity index is 389. The predicted molar refractivity (Wildman–Crippen MR) is 59.8 cm³/mol. The summed E-state index contributed by atoms with van der Waals surface area (Å²) in [7, 11) is 0. The van der Waals surface area contributed by atoms with Gasteiger partial charge in [-0.1, -0.05) is 6.92 Å². The standard InChI is InChI=1S/C9H12ClF3N4O/c1-2-5-18-8-16-6(10)15-7(17-8)14-4-3-9(11,12)13/h2-5H2,1H3,(H,14,15,16,17). The molecule has 18 heavy (non-hydrogen) atoms. The largest absolute Gasteiger partial charge is 0.463 e. The number of anilines is 1. The van der Waals surface area contributed by atoms with Crippen LogP contribution in [0.5, 0.6) is 6.01 Å². The molecule has 102 valence electrons. The van der Waals surface area contributed by atoms with E-state index in [1.807, 2.05) is 6.92 Å². The van der Waals surface area contributed by atoms with Gasteiger partial charge >= 0.3 is 12.2 Å². The van der Waals surface area contributed by atoms with Crippen LogP contribution in [0, 0.1) is 0 Å². The van der Waals surface area contributed by atoms with Gasteiger partial charge in [0.2, 0.25) is 11.2 Å². The number of nitrogens with zero attached hydrogens (tertiary/aromatic N) is 3. The molecule has 0 spiro atoms. The first-order valence-electron chi connectivity index (χ1n) is 5.25. The van der Waals surface area contributed by atoms with Crippen LogP contribution in [-0.2, 0) is 0 Å². The molecule has 0 saturated carbocycles. The van der Waals surface area contributed by atoms with Gasteiger partial charge in [0.1, 0.15) is 0 Å². The first kappa shape index (κ1) is 14.7. The Labute approximate surface area is 107 Å². The average molecular weight is 285 g/mol. The number of ether oxygens (including phenoxy) is 1. The van der Waals surface area contributed by atoms with Crippen molar-refractivity contribution in [2.75, 3.05) is 18.5 Å². The number of hydrogen-bond donors (Lipinski definition) is 1. The number of aromatic nitrogens is 3. The van der Waals surface area contributed by atoms with Crippen molar-refractivity contribution in [1.82, 2.24) is 15.0 Å². The van der Waals surface area contributed by atoms with E-state index in [0.717, 1.165) is 6.42 Å². The average Bonchev–Trinajstić information content (AvgIpc) is 2.24. The van der Waals surface area contributed by atoms with E-state index in [4.69, 9.17) is 16.3 Å². The topological polar surface area (TPSA) is 59.9 Å². The van der Waals surface area contributed by atoms with E-state index in [1.165, 1.54) is 0 Å². The Hall–Kier alpha value is -1.31. The highest BCUT2D eigenvalue weighted by molar-refractivity contribution is 6.28. The van der Waals surface area contributed by atoms with E-state index < -0.39 is 12.6 Å². The SMILES string of the molecule is CCCOc1nc(Cl)nc(NCCC(F)(F)F)n1. The van der Waals surface area contributed by atoms with Crippen molar-refractivity contribution in [3.05, 3.63) is 5.28 Å². The predicted octanol–water partition coefficient (Wildman–Crippen LogP) is 2.68. The molecule has 0 radical (unpaired) electrons. The lowest BCUT2D eigenvalue weighted by atomic mass is 10.4. The smallest absolute Gasteiger partial charge is 0.390 e. The van der Waals surface area contributed by atoms with Crippen LogP contribution in [0.2, 0.25) is 5.28 Å². The summed E-state index contributed by atoms with van der Waals surface area (Å²) in [6, 6.07) is -0.00800. The summed E-state index contributed by atoms with van der Waals surface area (Å²) in [5.74, 6) is -0.0367. The van der Waals surface area contributed by atoms with Crippen molar-refractivity contribution in [3.63, 3.8) is 0 Å². The summed E-state index contributed by atoms with van der Waals surface area (Å²) in [5.41, 5.74) is 0. The number of hydrogen-bond acceptors (Lipinski definition) is 5. The van der Waals surface area contributed by atoms with E-state index in [2.05, 4.69) is 20.3 Å². The summed E-state index contributed by atoms with van der Waals surface area (Å²) in [6.07, 6.45) is -4.47. The number of nitrogens with one attached hydrogen (secondary N) is 1. The maximum atomic E-state index is 11.9. The van der Waals surface area contributed by atoms with Crippen LogP contribution in [0.15, 0.2) is 0 Å². The van der Waals surface area contributed by atoms with Gasteiger partial charge in [-0.25, -0.2) is 0 Å². The molecule has 0 saturated heterocycles. The van der Waals surface area contributed by atoms with Crippen molar-refractivity contribution in [1.29, 1.82) is 0 Å². The third kappa shape index (κ3) is 5.85. The first-order chi connectivity index (χ1) is 8.40. The van der Waals surface area contributed by atoms with Crippen LogP contribution >= 0.6 is 11.6 Å². The Kier molecular flexibility index (Phi) is 5.39. The van der Waals surface area contributed by atoms with Crippen LogP contribution in [0.25, 0.3) is 0 Å². The second-order valence-corrected chi connectivity index (χ2v) is 3.69. The molecule has 5 nitrogen and oxygen atoms in total. The van der Waals surface area contributed by atoms with E-state index in [1.54, 1.807) is 0 Å². The molecule has 0 fully saturated rings. The lowest BCUT2D eigenvalue weighted by molar-refractivity contribution is -0.131. The fourth-order valence-corrected chi connectivity index (χ4v) is 1.14. The Morgan fingerprint density at radius 2 is 2.00 bits per heavy atom. The third-order valence-corrected chi connectivity index (χ3v) is 1.88. The van der Waals surface area contributed by atoms with Gasteiger partial charge in [-0.15, -0.1) is 0 Å². The molecule has 1 aromatic heterocycles. The van der Waals surface area contributed by atoms with Gasteiger partial charge in [0.25, 0.3) is 0 Å². The van der Waals surface area contributed by atoms with Crippen molar-refractivity contribution in [2.24, 2.45) is 0 Å². The summed E-state index contributed by atoms with van der Waals surface area (Å²) >= 11 is 5.59. The van der Waals surface area contributed by atoms with E-state index >= 15 is 0 Å². The molecule has 0 aliphatic heterocycles. The molecule has 1 rings (SSSR count). The van der Waals surface area contributed by atoms with E-state index in [-0.39, 0.29) is 23.8 Å². The molecular weight excluding hydrogens is 273 g/mol. The molecule has 1 aromatic rings. The molecule has 0 aliphatic rings. The fraction of sp³-hybridized carbons (Fsp3) is 0.667. The van der Waals surface area contributed by atoms with Crippen LogP contribution < -0.4 is 10.1 Å². The third-order valence-electron chi connectivity index (χ3n) is 1.71. The summed E-state index contributed by atoms with van der Waals surface area (Å²) < 4.78 is 40.9. The van der Waals surface area contributed by atoms with Crippen LogP contribution in [0.4, 0.5) is 19.1 Å². The van der Waals surface area contributed by atoms with Crippen LogP contribution in [0.3, 0.4) is 0 Å². The minimum absolute atomic E-state index is 0.00800. The lowest BCUT2D eigenvalue weighted by Gasteiger charge is -2.08. The Morgan fingerprint density at radius 3 is 2.61 bits per heavy atom. The molecule has 0 aliphatic carbocycles. The second kappa shape index (κ2) is 6.58. The van der Waals surface area contributed by atoms with Crippen LogP contribution in [0.1, 0.15) is 19.8 Å². The fourth-order valence-electron chi connectivity index (χ4n) is 0.985. The number of alkyl halides is 3. The lowest BCUT2D eigenvalue weighted by Crippen LogP contribution is -2.16. The van der Waals surface area contributed by atoms with Gasteiger partial charge in [0.15, 0.2) is 0 Å². The number of halogens is 4. The minimum Gasteiger partial charge on any atom is -0.463 e. The molecule has 0 amide bonds. The Morgan fingerprint density at radius 1 is 1.28 bits per heavy atom. The summed E-state index contributed by atoms with van der Waals surface area (Å²) in [4.78, 5) is 11.1. The van der Waals surface area contributed by atoms with E-state index in [9.17, 15) is 13.2 Å². The van der Waals surface area contributed by atoms with Gasteiger partial charge in [0, 0.05) is 6.54 Å². The molecule has 0 unspecified atom stereocenters. The highest BCUT2D eigenvalue weighted by Gasteiger charge is 2.26. The normalized spacial score (nSPS) is 11.4. The first-order valence-corrected chi connectivity index (χ1v) is 5.63. The highest BCUT2D eigenvalue weighted by Crippen LogP contribution is 2.19. The van der Waals surface area contributed by atoms with Crippen LogP contribution in [-0.4, -0.2) is 34.3 Å². The number of rotatable bonds is 6. The molecule has 0 bridgehead atoms. The van der Waals surface area contributed by atoms with Crippen molar-refractivity contribution >= 4 is 17.5 Å². The molecule has 0 atom stereocenters. The second-order valence-electron chi connectivity index (χ2n) is 3.35. The quantitative estimate of drug-likeness (QED) is 0.870. The maximum absolute atomic E-state index is 11.9. The zero-order valence-electron chi connectivity index (χ0n) is 9.59. The monoisotopic (exact) mass is 284 g/mol. The molecule has 1 N–H and O–H groups in total. The minimum atomic E-state index is -4.23. The molecule has 1 heterocycles. The van der Waals surface area contributed by atoms with Crippen molar-refractivity contribution in [2.45, 2.75) is 25.9 Å². The van der Waals surface area contributed by atoms with Gasteiger partial charge in [0.05, 0.1) is 13.0 Å². The zero-order chi connectivity index (χ0) is 13.6. The van der Waals surface area contributed by atoms with Gasteiger partial charge in [-0.3, -0.25) is 0 Å².